The van der Waals surface area contributed by atoms with Gasteiger partial charge in [-0.2, -0.15) is 0 Å². The molecule has 0 heterocycles. The third-order valence-electron chi connectivity index (χ3n) is 3.50. The molecule has 0 radical (unpaired) electrons. The number of rotatable bonds is 6. The Kier molecular flexibility index (Phi) is 4.56. The lowest BCUT2D eigenvalue weighted by Gasteiger charge is -2.27. The monoisotopic (exact) mass is 318 g/mol. The van der Waals surface area contributed by atoms with E-state index < -0.39 is 14.6 Å². The molecule has 1 atom stereocenters. The molecule has 0 bridgehead atoms. The van der Waals surface area contributed by atoms with Gasteiger partial charge in [0.2, 0.25) is 0 Å². The Bertz CT molecular complexity index is 726. The summed E-state index contributed by atoms with van der Waals surface area (Å²) in [7, 11) is -3.53. The fraction of sp³-hybridized carbons (Fsp3) is 0.176. The van der Waals surface area contributed by atoms with Crippen molar-refractivity contribution in [2.45, 2.75) is 23.0 Å². The molecule has 1 aromatic carbocycles. The van der Waals surface area contributed by atoms with Crippen LogP contribution in [0, 0.1) is 0 Å². The third-order valence-corrected chi connectivity index (χ3v) is 5.92. The molecule has 5 heteroatoms. The number of benzene rings is 1. The van der Waals surface area contributed by atoms with Gasteiger partial charge in [-0.3, -0.25) is 0 Å². The van der Waals surface area contributed by atoms with Crippen molar-refractivity contribution < 1.29 is 17.9 Å². The van der Waals surface area contributed by atoms with Gasteiger partial charge in [-0.05, 0) is 49.8 Å². The van der Waals surface area contributed by atoms with E-state index in [-0.39, 0.29) is 4.90 Å². The summed E-state index contributed by atoms with van der Waals surface area (Å²) in [5.41, 5.74) is 0. The van der Waals surface area contributed by atoms with E-state index in [1.807, 2.05) is 0 Å². The van der Waals surface area contributed by atoms with Crippen molar-refractivity contribution in [1.29, 1.82) is 0 Å². The zero-order chi connectivity index (χ0) is 16.2. The van der Waals surface area contributed by atoms with Crippen LogP contribution in [0.5, 0.6) is 5.75 Å². The molecular weight excluding hydrogens is 300 g/mol. The fourth-order valence-corrected chi connectivity index (χ4v) is 3.73. The highest BCUT2D eigenvalue weighted by atomic mass is 32.2. The van der Waals surface area contributed by atoms with Crippen molar-refractivity contribution in [3.8, 4) is 5.75 Å². The zero-order valence-corrected chi connectivity index (χ0v) is 13.2. The highest BCUT2D eigenvalue weighted by Crippen LogP contribution is 2.34. The normalized spacial score (nSPS) is 20.9. The van der Waals surface area contributed by atoms with Crippen LogP contribution in [-0.2, 0) is 14.6 Å². The molecule has 0 saturated heterocycles. The minimum Gasteiger partial charge on any atom is -0.466 e. The van der Waals surface area contributed by atoms with Gasteiger partial charge in [0, 0.05) is 0 Å². The Balaban J connectivity index is 2.29. The first-order chi connectivity index (χ1) is 10.4. The van der Waals surface area contributed by atoms with Gasteiger partial charge in [0.15, 0.2) is 9.84 Å². The molecule has 1 aromatic rings. The van der Waals surface area contributed by atoms with Crippen LogP contribution in [0.4, 0.5) is 0 Å². The summed E-state index contributed by atoms with van der Waals surface area (Å²) in [5, 5.41) is 0. The molecule has 4 nitrogen and oxygen atoms in total. The SMILES string of the molecule is C=COC1=CCC(C)(S(=O)(=O)c2ccc(OC=C)cc2)C=C1. The molecule has 1 aliphatic carbocycles. The molecule has 0 spiro atoms. The van der Waals surface area contributed by atoms with Crippen LogP contribution < -0.4 is 4.74 Å². The summed E-state index contributed by atoms with van der Waals surface area (Å²) < 4.78 is 34.9. The largest absolute Gasteiger partial charge is 0.466 e. The summed E-state index contributed by atoms with van der Waals surface area (Å²) in [5.74, 6) is 1.14. The highest BCUT2D eigenvalue weighted by Gasteiger charge is 2.38. The Morgan fingerprint density at radius 2 is 1.77 bits per heavy atom. The average Bonchev–Trinajstić information content (AvgIpc) is 2.51. The predicted octanol–water partition coefficient (Wildman–Crippen LogP) is 3.75. The van der Waals surface area contributed by atoms with E-state index in [0.29, 0.717) is 17.9 Å². The molecule has 0 fully saturated rings. The van der Waals surface area contributed by atoms with Crippen LogP contribution in [0.15, 0.2) is 78.8 Å². The van der Waals surface area contributed by atoms with Gasteiger partial charge < -0.3 is 9.47 Å². The maximum absolute atomic E-state index is 12.8. The van der Waals surface area contributed by atoms with E-state index in [1.54, 1.807) is 37.3 Å². The van der Waals surface area contributed by atoms with Crippen LogP contribution in [0.25, 0.3) is 0 Å². The lowest BCUT2D eigenvalue weighted by Crippen LogP contribution is -2.34. The van der Waals surface area contributed by atoms with Crippen molar-refractivity contribution in [2.24, 2.45) is 0 Å². The Morgan fingerprint density at radius 1 is 1.14 bits per heavy atom. The molecule has 116 valence electrons. The van der Waals surface area contributed by atoms with Crippen molar-refractivity contribution in [1.82, 2.24) is 0 Å². The van der Waals surface area contributed by atoms with Crippen molar-refractivity contribution in [3.05, 3.63) is 73.9 Å². The lowest BCUT2D eigenvalue weighted by atomic mass is 10.0. The quantitative estimate of drug-likeness (QED) is 0.750. The average molecular weight is 318 g/mol. The summed E-state index contributed by atoms with van der Waals surface area (Å²) >= 11 is 0. The zero-order valence-electron chi connectivity index (χ0n) is 12.4. The first kappa shape index (κ1) is 16.1. The maximum atomic E-state index is 12.8. The molecule has 0 aromatic heterocycles. The highest BCUT2D eigenvalue weighted by molar-refractivity contribution is 7.93. The minimum atomic E-state index is -3.53. The topological polar surface area (TPSA) is 52.6 Å². The predicted molar refractivity (Wildman–Crippen MR) is 86.0 cm³/mol. The van der Waals surface area contributed by atoms with Crippen molar-refractivity contribution in [2.75, 3.05) is 0 Å². The number of hydrogen-bond acceptors (Lipinski definition) is 4. The second kappa shape index (κ2) is 6.23. The van der Waals surface area contributed by atoms with Crippen molar-refractivity contribution >= 4 is 9.84 Å². The van der Waals surface area contributed by atoms with Gasteiger partial charge in [-0.25, -0.2) is 8.42 Å². The minimum absolute atomic E-state index is 0.248. The Hall–Kier alpha value is -2.27. The second-order valence-electron chi connectivity index (χ2n) is 5.00. The number of allylic oxidation sites excluding steroid dienone is 2. The molecule has 22 heavy (non-hydrogen) atoms. The number of ether oxygens (including phenoxy) is 2. The third kappa shape index (κ3) is 2.99. The van der Waals surface area contributed by atoms with Crippen LogP contribution in [0.3, 0.4) is 0 Å². The van der Waals surface area contributed by atoms with E-state index in [0.717, 1.165) is 0 Å². The first-order valence-electron chi connectivity index (χ1n) is 6.72. The van der Waals surface area contributed by atoms with Crippen LogP contribution in [-0.4, -0.2) is 13.2 Å². The second-order valence-corrected chi connectivity index (χ2v) is 7.41. The summed E-state index contributed by atoms with van der Waals surface area (Å²) in [6.07, 6.45) is 7.98. The van der Waals surface area contributed by atoms with Gasteiger partial charge in [0.25, 0.3) is 0 Å². The smallest absolute Gasteiger partial charge is 0.187 e. The molecule has 1 aliphatic rings. The number of sulfone groups is 1. The Labute approximate surface area is 131 Å². The summed E-state index contributed by atoms with van der Waals surface area (Å²) in [4.78, 5) is 0.248. The van der Waals surface area contributed by atoms with Gasteiger partial charge in [-0.15, -0.1) is 0 Å². The van der Waals surface area contributed by atoms with Gasteiger partial charge in [0.1, 0.15) is 11.5 Å². The standard InChI is InChI=1S/C17H18O4S/c1-4-20-14-6-8-16(9-7-14)22(18,19)17(3)12-10-15(11-13-17)21-5-2/h4-12H,1-2,13H2,3H3. The maximum Gasteiger partial charge on any atom is 0.187 e. The van der Waals surface area contributed by atoms with E-state index >= 15 is 0 Å². The van der Waals surface area contributed by atoms with Crippen molar-refractivity contribution in [3.63, 3.8) is 0 Å². The molecule has 0 amide bonds. The van der Waals surface area contributed by atoms with E-state index in [1.165, 1.54) is 24.7 Å². The molecular formula is C17H18O4S. The van der Waals surface area contributed by atoms with Crippen LogP contribution >= 0.6 is 0 Å². The van der Waals surface area contributed by atoms with Crippen LogP contribution in [0.1, 0.15) is 13.3 Å². The molecule has 1 unspecified atom stereocenters. The van der Waals surface area contributed by atoms with E-state index in [2.05, 4.69) is 13.2 Å². The molecule has 2 rings (SSSR count). The first-order valence-corrected chi connectivity index (χ1v) is 8.20. The van der Waals surface area contributed by atoms with E-state index in [4.69, 9.17) is 9.47 Å². The van der Waals surface area contributed by atoms with Crippen LogP contribution in [0.2, 0.25) is 0 Å². The summed E-state index contributed by atoms with van der Waals surface area (Å²) in [6.45, 7) is 8.62. The van der Waals surface area contributed by atoms with E-state index in [9.17, 15) is 8.42 Å². The lowest BCUT2D eigenvalue weighted by molar-refractivity contribution is 0.363. The Morgan fingerprint density at radius 3 is 2.27 bits per heavy atom. The molecule has 0 N–H and O–H groups in total. The van der Waals surface area contributed by atoms with Gasteiger partial charge in [0.05, 0.1) is 22.2 Å². The van der Waals surface area contributed by atoms with Gasteiger partial charge >= 0.3 is 0 Å². The molecule has 0 aliphatic heterocycles. The van der Waals surface area contributed by atoms with Gasteiger partial charge in [-0.1, -0.05) is 19.2 Å². The number of hydrogen-bond donors (Lipinski definition) is 0. The summed E-state index contributed by atoms with van der Waals surface area (Å²) in [6, 6.07) is 6.28. The fourth-order valence-electron chi connectivity index (χ4n) is 2.14. The molecule has 0 saturated carbocycles.